The van der Waals surface area contributed by atoms with Gasteiger partial charge >= 0.3 is 0 Å². The van der Waals surface area contributed by atoms with Crippen LogP contribution in [0, 0.1) is 0 Å². The first-order valence-electron chi connectivity index (χ1n) is 6.95. The number of hydrogen-bond acceptors (Lipinski definition) is 1. The summed E-state index contributed by atoms with van der Waals surface area (Å²) in [6.45, 7) is 0.811. The van der Waals surface area contributed by atoms with Gasteiger partial charge in [0.2, 0.25) is 0 Å². The summed E-state index contributed by atoms with van der Waals surface area (Å²) in [6.07, 6.45) is 0. The third kappa shape index (κ3) is 3.45. The first kappa shape index (κ1) is 13.7. The van der Waals surface area contributed by atoms with E-state index < -0.39 is 0 Å². The Labute approximate surface area is 130 Å². The van der Waals surface area contributed by atoms with Crippen molar-refractivity contribution in [2.45, 2.75) is 6.54 Å². The van der Waals surface area contributed by atoms with Gasteiger partial charge in [0.15, 0.2) is 0 Å². The number of hydrogen-bond donors (Lipinski definition) is 0. The number of rotatable bonds is 4. The number of para-hydroxylation sites is 2. The minimum Gasteiger partial charge on any atom is -0.337 e. The molecule has 0 saturated carbocycles. The van der Waals surface area contributed by atoms with Crippen molar-refractivity contribution in [2.75, 3.05) is 4.90 Å². The third-order valence-electron chi connectivity index (χ3n) is 3.39. The Morgan fingerprint density at radius 1 is 0.619 bits per heavy atom. The molecule has 104 valence electrons. The molecular weight excluding hydrogens is 278 g/mol. The van der Waals surface area contributed by atoms with Crippen molar-refractivity contribution in [1.82, 2.24) is 0 Å². The molecule has 0 aliphatic carbocycles. The Bertz CT molecular complexity index is 638. The lowest BCUT2D eigenvalue weighted by Crippen LogP contribution is -2.16. The van der Waals surface area contributed by atoms with Gasteiger partial charge in [-0.25, -0.2) is 0 Å². The predicted octanol–water partition coefficient (Wildman–Crippen LogP) is 5.68. The summed E-state index contributed by atoms with van der Waals surface area (Å²) in [5.74, 6) is 0. The lowest BCUT2D eigenvalue weighted by atomic mass is 10.1. The van der Waals surface area contributed by atoms with Crippen molar-refractivity contribution in [3.8, 4) is 0 Å². The lowest BCUT2D eigenvalue weighted by Gasteiger charge is -2.25. The van der Waals surface area contributed by atoms with Crippen LogP contribution in [-0.2, 0) is 6.54 Å². The molecule has 0 aliphatic heterocycles. The molecule has 2 heteroatoms. The third-order valence-corrected chi connectivity index (χ3v) is 3.64. The molecule has 0 aliphatic rings. The molecule has 3 aromatic carbocycles. The quantitative estimate of drug-likeness (QED) is 0.598. The van der Waals surface area contributed by atoms with E-state index in [9.17, 15) is 0 Å². The Hall–Kier alpha value is -2.25. The van der Waals surface area contributed by atoms with E-state index >= 15 is 0 Å². The Kier molecular flexibility index (Phi) is 4.23. The minimum absolute atomic E-state index is 0.768. The van der Waals surface area contributed by atoms with Gasteiger partial charge in [0.1, 0.15) is 0 Å². The topological polar surface area (TPSA) is 3.24 Å². The smallest absolute Gasteiger partial charge is 0.0481 e. The van der Waals surface area contributed by atoms with Crippen LogP contribution in [0.4, 0.5) is 11.4 Å². The van der Waals surface area contributed by atoms with Crippen LogP contribution in [0.25, 0.3) is 0 Å². The van der Waals surface area contributed by atoms with Crippen LogP contribution in [0.1, 0.15) is 5.56 Å². The fourth-order valence-electron chi connectivity index (χ4n) is 2.32. The average Bonchev–Trinajstić information content (AvgIpc) is 2.56. The number of benzene rings is 3. The van der Waals surface area contributed by atoms with Gasteiger partial charge in [-0.1, -0.05) is 60.1 Å². The monoisotopic (exact) mass is 293 g/mol. The molecule has 0 N–H and O–H groups in total. The van der Waals surface area contributed by atoms with E-state index in [2.05, 4.69) is 65.6 Å². The highest BCUT2D eigenvalue weighted by atomic mass is 35.5. The molecule has 0 atom stereocenters. The number of anilines is 2. The standard InChI is InChI=1S/C19H16ClN/c20-17-13-11-16(12-14-17)15-21(18-7-3-1-4-8-18)19-9-5-2-6-10-19/h1-14H,15H2. The number of nitrogens with zero attached hydrogens (tertiary/aromatic N) is 1. The van der Waals surface area contributed by atoms with Crippen LogP contribution in [0.2, 0.25) is 5.02 Å². The van der Waals surface area contributed by atoms with E-state index in [1.54, 1.807) is 0 Å². The molecule has 0 fully saturated rings. The maximum absolute atomic E-state index is 5.97. The molecule has 21 heavy (non-hydrogen) atoms. The van der Waals surface area contributed by atoms with Crippen LogP contribution < -0.4 is 4.90 Å². The van der Waals surface area contributed by atoms with E-state index in [4.69, 9.17) is 11.6 Å². The summed E-state index contributed by atoms with van der Waals surface area (Å²) >= 11 is 5.97. The maximum Gasteiger partial charge on any atom is 0.0481 e. The first-order chi connectivity index (χ1) is 10.3. The zero-order valence-corrected chi connectivity index (χ0v) is 12.4. The first-order valence-corrected chi connectivity index (χ1v) is 7.33. The highest BCUT2D eigenvalue weighted by Gasteiger charge is 2.09. The summed E-state index contributed by atoms with van der Waals surface area (Å²) in [4.78, 5) is 2.29. The second-order valence-electron chi connectivity index (χ2n) is 4.88. The van der Waals surface area contributed by atoms with Crippen molar-refractivity contribution >= 4 is 23.0 Å². The number of halogens is 1. The largest absolute Gasteiger partial charge is 0.337 e. The molecule has 0 unspecified atom stereocenters. The molecule has 0 amide bonds. The zero-order chi connectivity index (χ0) is 14.5. The normalized spacial score (nSPS) is 10.3. The molecule has 0 aromatic heterocycles. The Morgan fingerprint density at radius 3 is 1.57 bits per heavy atom. The minimum atomic E-state index is 0.768. The van der Waals surface area contributed by atoms with E-state index in [0.29, 0.717) is 0 Å². The SMILES string of the molecule is Clc1ccc(CN(c2ccccc2)c2ccccc2)cc1. The van der Waals surface area contributed by atoms with Crippen molar-refractivity contribution in [2.24, 2.45) is 0 Å². The van der Waals surface area contributed by atoms with Crippen LogP contribution in [0.3, 0.4) is 0 Å². The summed E-state index contributed by atoms with van der Waals surface area (Å²) in [7, 11) is 0. The van der Waals surface area contributed by atoms with Gasteiger partial charge in [-0.3, -0.25) is 0 Å². The lowest BCUT2D eigenvalue weighted by molar-refractivity contribution is 0.975. The summed E-state index contributed by atoms with van der Waals surface area (Å²) < 4.78 is 0. The molecule has 3 rings (SSSR count). The second-order valence-corrected chi connectivity index (χ2v) is 5.32. The summed E-state index contributed by atoms with van der Waals surface area (Å²) in [5, 5.41) is 0.768. The Balaban J connectivity index is 1.95. The van der Waals surface area contributed by atoms with Crippen LogP contribution in [0.5, 0.6) is 0 Å². The van der Waals surface area contributed by atoms with Gasteiger partial charge in [-0.2, -0.15) is 0 Å². The molecule has 3 aromatic rings. The fraction of sp³-hybridized carbons (Fsp3) is 0.0526. The average molecular weight is 294 g/mol. The highest BCUT2D eigenvalue weighted by molar-refractivity contribution is 6.30. The second kappa shape index (κ2) is 6.47. The maximum atomic E-state index is 5.97. The van der Waals surface area contributed by atoms with E-state index in [0.717, 1.165) is 11.6 Å². The van der Waals surface area contributed by atoms with Gasteiger partial charge in [-0.15, -0.1) is 0 Å². The van der Waals surface area contributed by atoms with Gasteiger partial charge in [0, 0.05) is 22.9 Å². The van der Waals surface area contributed by atoms with Crippen molar-refractivity contribution in [1.29, 1.82) is 0 Å². The van der Waals surface area contributed by atoms with Crippen LogP contribution in [-0.4, -0.2) is 0 Å². The summed E-state index contributed by atoms with van der Waals surface area (Å²) in [5.41, 5.74) is 3.59. The molecule has 0 saturated heterocycles. The Morgan fingerprint density at radius 2 is 1.10 bits per heavy atom. The van der Waals surface area contributed by atoms with Gasteiger partial charge in [-0.05, 0) is 42.0 Å². The van der Waals surface area contributed by atoms with Crippen molar-refractivity contribution in [3.05, 3.63) is 95.5 Å². The van der Waals surface area contributed by atoms with Gasteiger partial charge in [0.05, 0.1) is 0 Å². The van der Waals surface area contributed by atoms with Crippen molar-refractivity contribution in [3.63, 3.8) is 0 Å². The van der Waals surface area contributed by atoms with Crippen LogP contribution >= 0.6 is 11.6 Å². The molecule has 0 spiro atoms. The van der Waals surface area contributed by atoms with E-state index in [1.165, 1.54) is 16.9 Å². The highest BCUT2D eigenvalue weighted by Crippen LogP contribution is 2.27. The molecule has 0 radical (unpaired) electrons. The van der Waals surface area contributed by atoms with E-state index in [-0.39, 0.29) is 0 Å². The molecule has 1 nitrogen and oxygen atoms in total. The molecule has 0 bridgehead atoms. The van der Waals surface area contributed by atoms with Crippen LogP contribution in [0.15, 0.2) is 84.9 Å². The molecular formula is C19H16ClN. The van der Waals surface area contributed by atoms with Gasteiger partial charge in [0.25, 0.3) is 0 Å². The zero-order valence-electron chi connectivity index (χ0n) is 11.6. The molecule has 0 heterocycles. The van der Waals surface area contributed by atoms with Crippen molar-refractivity contribution < 1.29 is 0 Å². The predicted molar refractivity (Wildman–Crippen MR) is 90.2 cm³/mol. The fourth-order valence-corrected chi connectivity index (χ4v) is 2.45. The van der Waals surface area contributed by atoms with Gasteiger partial charge < -0.3 is 4.90 Å². The summed E-state index contributed by atoms with van der Waals surface area (Å²) in [6, 6.07) is 28.8. The van der Waals surface area contributed by atoms with E-state index in [1.807, 2.05) is 24.3 Å².